The Labute approximate surface area is 106 Å². The van der Waals surface area contributed by atoms with Gasteiger partial charge >= 0.3 is 0 Å². The van der Waals surface area contributed by atoms with Gasteiger partial charge in [0.2, 0.25) is 5.91 Å². The molecule has 0 aliphatic heterocycles. The smallest absolute Gasteiger partial charge is 0.226 e. The molecule has 0 bridgehead atoms. The summed E-state index contributed by atoms with van der Waals surface area (Å²) >= 11 is 1.36. The van der Waals surface area contributed by atoms with Gasteiger partial charge in [0, 0.05) is 6.42 Å². The molecular formula is C12H17N3OS. The summed E-state index contributed by atoms with van der Waals surface area (Å²) < 4.78 is 0. The maximum absolute atomic E-state index is 11.5. The number of nitrogens with two attached hydrogens (primary N) is 1. The summed E-state index contributed by atoms with van der Waals surface area (Å²) in [6, 6.07) is 0. The van der Waals surface area contributed by atoms with Crippen molar-refractivity contribution in [3.63, 3.8) is 0 Å². The quantitative estimate of drug-likeness (QED) is 0.802. The zero-order chi connectivity index (χ0) is 12.7. The lowest BCUT2D eigenvalue weighted by atomic mass is 10.1. The molecule has 1 amide bonds. The van der Waals surface area contributed by atoms with E-state index in [1.807, 2.05) is 0 Å². The lowest BCUT2D eigenvalue weighted by Crippen LogP contribution is -2.11. The first-order valence-corrected chi connectivity index (χ1v) is 6.38. The van der Waals surface area contributed by atoms with Crippen molar-refractivity contribution in [3.05, 3.63) is 11.1 Å². The van der Waals surface area contributed by atoms with Gasteiger partial charge in [0.25, 0.3) is 0 Å². The molecule has 0 radical (unpaired) electrons. The Kier molecular flexibility index (Phi) is 5.67. The standard InChI is InChI=1S/C12H17N3OS/c1-9(2)5-6-11(16)15-12-14-8-10(17-12)4-3-7-13/h8-9H,5-7,13H2,1-2H3,(H,14,15,16). The Morgan fingerprint density at radius 3 is 3.06 bits per heavy atom. The van der Waals surface area contributed by atoms with Gasteiger partial charge in [0.05, 0.1) is 17.6 Å². The van der Waals surface area contributed by atoms with Crippen LogP contribution < -0.4 is 11.1 Å². The summed E-state index contributed by atoms with van der Waals surface area (Å²) in [6.07, 6.45) is 3.06. The van der Waals surface area contributed by atoms with Crippen LogP contribution in [0.2, 0.25) is 0 Å². The minimum atomic E-state index is 0.00591. The van der Waals surface area contributed by atoms with Gasteiger partial charge in [-0.2, -0.15) is 0 Å². The van der Waals surface area contributed by atoms with Crippen LogP contribution in [-0.2, 0) is 4.79 Å². The van der Waals surface area contributed by atoms with Crippen LogP contribution in [0.3, 0.4) is 0 Å². The molecule has 0 fully saturated rings. The fourth-order valence-electron chi connectivity index (χ4n) is 1.13. The highest BCUT2D eigenvalue weighted by atomic mass is 32.1. The molecule has 1 aromatic rings. The van der Waals surface area contributed by atoms with E-state index < -0.39 is 0 Å². The van der Waals surface area contributed by atoms with E-state index in [1.54, 1.807) is 6.20 Å². The minimum Gasteiger partial charge on any atom is -0.320 e. The maximum atomic E-state index is 11.5. The summed E-state index contributed by atoms with van der Waals surface area (Å²) in [5, 5.41) is 3.36. The molecule has 4 nitrogen and oxygen atoms in total. The van der Waals surface area contributed by atoms with Gasteiger partial charge in [-0.1, -0.05) is 37.0 Å². The second-order valence-electron chi connectivity index (χ2n) is 4.02. The van der Waals surface area contributed by atoms with Crippen LogP contribution >= 0.6 is 11.3 Å². The van der Waals surface area contributed by atoms with Gasteiger partial charge in [-0.25, -0.2) is 4.98 Å². The van der Waals surface area contributed by atoms with Crippen LogP contribution in [0.1, 0.15) is 31.6 Å². The predicted octanol–water partition coefficient (Wildman–Crippen LogP) is 1.83. The van der Waals surface area contributed by atoms with Crippen molar-refractivity contribution < 1.29 is 4.79 Å². The fourth-order valence-corrected chi connectivity index (χ4v) is 1.84. The summed E-state index contributed by atoms with van der Waals surface area (Å²) in [4.78, 5) is 16.4. The van der Waals surface area contributed by atoms with Gasteiger partial charge in [0.15, 0.2) is 5.13 Å². The van der Waals surface area contributed by atoms with Crippen molar-refractivity contribution >= 4 is 22.4 Å². The lowest BCUT2D eigenvalue weighted by Gasteiger charge is -2.03. The minimum absolute atomic E-state index is 0.00591. The highest BCUT2D eigenvalue weighted by Crippen LogP contribution is 2.17. The zero-order valence-electron chi connectivity index (χ0n) is 10.1. The monoisotopic (exact) mass is 251 g/mol. The van der Waals surface area contributed by atoms with Gasteiger partial charge < -0.3 is 11.1 Å². The number of thiazole rings is 1. The first-order valence-electron chi connectivity index (χ1n) is 5.56. The first kappa shape index (κ1) is 13.7. The average Bonchev–Trinajstić information content (AvgIpc) is 2.71. The molecule has 0 spiro atoms. The topological polar surface area (TPSA) is 68.0 Å². The van der Waals surface area contributed by atoms with Crippen LogP contribution in [0.25, 0.3) is 0 Å². The molecule has 0 saturated heterocycles. The van der Waals surface area contributed by atoms with Crippen molar-refractivity contribution in [2.45, 2.75) is 26.7 Å². The van der Waals surface area contributed by atoms with Crippen LogP contribution in [0, 0.1) is 17.8 Å². The fraction of sp³-hybridized carbons (Fsp3) is 0.500. The van der Waals surface area contributed by atoms with Crippen LogP contribution in [0.4, 0.5) is 5.13 Å². The molecular weight excluding hydrogens is 234 g/mol. The summed E-state index contributed by atoms with van der Waals surface area (Å²) in [7, 11) is 0. The van der Waals surface area contributed by atoms with E-state index in [9.17, 15) is 4.79 Å². The Balaban J connectivity index is 2.46. The van der Waals surface area contributed by atoms with Gasteiger partial charge in [-0.3, -0.25) is 4.79 Å². The highest BCUT2D eigenvalue weighted by molar-refractivity contribution is 7.16. The number of rotatable bonds is 4. The second-order valence-corrected chi connectivity index (χ2v) is 5.05. The van der Waals surface area contributed by atoms with E-state index in [1.165, 1.54) is 11.3 Å². The summed E-state index contributed by atoms with van der Waals surface area (Å²) in [5.41, 5.74) is 5.27. The van der Waals surface area contributed by atoms with Crippen LogP contribution in [0.5, 0.6) is 0 Å². The Bertz CT molecular complexity index is 428. The van der Waals surface area contributed by atoms with E-state index in [4.69, 9.17) is 5.73 Å². The highest BCUT2D eigenvalue weighted by Gasteiger charge is 2.06. The zero-order valence-corrected chi connectivity index (χ0v) is 10.9. The molecule has 92 valence electrons. The van der Waals surface area contributed by atoms with Crippen LogP contribution in [0.15, 0.2) is 6.20 Å². The molecule has 3 N–H and O–H groups in total. The van der Waals surface area contributed by atoms with E-state index in [2.05, 4.69) is 36.0 Å². The van der Waals surface area contributed by atoms with Crippen molar-refractivity contribution in [1.29, 1.82) is 0 Å². The molecule has 1 heterocycles. The number of hydrogen-bond donors (Lipinski definition) is 2. The molecule has 1 rings (SSSR count). The number of nitrogens with zero attached hydrogens (tertiary/aromatic N) is 1. The number of nitrogens with one attached hydrogen (secondary N) is 1. The van der Waals surface area contributed by atoms with Crippen molar-refractivity contribution in [2.24, 2.45) is 11.7 Å². The van der Waals surface area contributed by atoms with Gasteiger partial charge in [-0.15, -0.1) is 0 Å². The number of carbonyl (C=O) groups excluding carboxylic acids is 1. The molecule has 0 aliphatic rings. The maximum Gasteiger partial charge on any atom is 0.226 e. The Morgan fingerprint density at radius 2 is 2.41 bits per heavy atom. The van der Waals surface area contributed by atoms with E-state index in [0.717, 1.165) is 11.3 Å². The van der Waals surface area contributed by atoms with E-state index in [0.29, 0.717) is 24.0 Å². The van der Waals surface area contributed by atoms with E-state index in [-0.39, 0.29) is 5.91 Å². The lowest BCUT2D eigenvalue weighted by molar-refractivity contribution is -0.116. The normalized spacial score (nSPS) is 9.88. The molecule has 1 aromatic heterocycles. The Morgan fingerprint density at radius 1 is 1.65 bits per heavy atom. The Hall–Kier alpha value is -1.38. The average molecular weight is 251 g/mol. The molecule has 0 saturated carbocycles. The van der Waals surface area contributed by atoms with Crippen molar-refractivity contribution in [3.8, 4) is 11.8 Å². The molecule has 0 aliphatic carbocycles. The summed E-state index contributed by atoms with van der Waals surface area (Å²) in [6.45, 7) is 4.52. The molecule has 5 heteroatoms. The number of anilines is 1. The third kappa shape index (κ3) is 5.48. The second kappa shape index (κ2) is 7.05. The number of hydrogen-bond acceptors (Lipinski definition) is 4. The molecule has 17 heavy (non-hydrogen) atoms. The molecule has 0 atom stereocenters. The summed E-state index contributed by atoms with van der Waals surface area (Å²) in [5.74, 6) is 6.16. The third-order valence-electron chi connectivity index (χ3n) is 2.01. The van der Waals surface area contributed by atoms with Crippen LogP contribution in [-0.4, -0.2) is 17.4 Å². The number of amides is 1. The number of aromatic nitrogens is 1. The molecule has 0 aromatic carbocycles. The van der Waals surface area contributed by atoms with Gasteiger partial charge in [-0.05, 0) is 12.3 Å². The third-order valence-corrected chi connectivity index (χ3v) is 2.84. The number of carbonyl (C=O) groups is 1. The van der Waals surface area contributed by atoms with Crippen molar-refractivity contribution in [1.82, 2.24) is 4.98 Å². The molecule has 0 unspecified atom stereocenters. The van der Waals surface area contributed by atoms with E-state index >= 15 is 0 Å². The predicted molar refractivity (Wildman–Crippen MR) is 70.7 cm³/mol. The largest absolute Gasteiger partial charge is 0.320 e. The van der Waals surface area contributed by atoms with Crippen molar-refractivity contribution in [2.75, 3.05) is 11.9 Å². The SMILES string of the molecule is CC(C)CCC(=O)Nc1ncc(C#CCN)s1. The first-order chi connectivity index (χ1) is 8.11. The van der Waals surface area contributed by atoms with Gasteiger partial charge in [0.1, 0.15) is 0 Å².